The van der Waals surface area contributed by atoms with Gasteiger partial charge in [0.1, 0.15) is 0 Å². The van der Waals surface area contributed by atoms with E-state index in [0.717, 1.165) is 45.4 Å². The van der Waals surface area contributed by atoms with Crippen LogP contribution in [0.5, 0.6) is 0 Å². The molecule has 1 saturated heterocycles. The molecule has 1 aliphatic rings. The maximum absolute atomic E-state index is 12.2. The molecule has 0 radical (unpaired) electrons. The van der Waals surface area contributed by atoms with E-state index >= 15 is 0 Å². The van der Waals surface area contributed by atoms with Gasteiger partial charge in [-0.05, 0) is 46.3 Å². The van der Waals surface area contributed by atoms with E-state index in [0.29, 0.717) is 0 Å². The molecule has 4 nitrogen and oxygen atoms in total. The van der Waals surface area contributed by atoms with Crippen LogP contribution >= 0.6 is 0 Å². The van der Waals surface area contributed by atoms with Crippen molar-refractivity contribution in [3.8, 4) is 0 Å². The zero-order chi connectivity index (χ0) is 12.0. The number of likely N-dealkylation sites (tertiary alicyclic amines) is 1. The molecule has 1 fully saturated rings. The fraction of sp³-hybridized carbons (Fsp3) is 0.917. The summed E-state index contributed by atoms with van der Waals surface area (Å²) >= 11 is 0. The second-order valence-electron chi connectivity index (χ2n) is 4.66. The lowest BCUT2D eigenvalue weighted by molar-refractivity contribution is -0.134. The van der Waals surface area contributed by atoms with E-state index in [2.05, 4.69) is 24.2 Å². The Morgan fingerprint density at radius 3 is 2.88 bits per heavy atom. The number of hydrogen-bond acceptors (Lipinski definition) is 3. The van der Waals surface area contributed by atoms with Gasteiger partial charge in [0.25, 0.3) is 0 Å². The van der Waals surface area contributed by atoms with E-state index in [1.807, 2.05) is 11.9 Å². The van der Waals surface area contributed by atoms with Gasteiger partial charge in [0, 0.05) is 6.54 Å². The molecule has 0 bridgehead atoms. The second-order valence-corrected chi connectivity index (χ2v) is 4.66. The summed E-state index contributed by atoms with van der Waals surface area (Å²) in [4.78, 5) is 16.4. The Labute approximate surface area is 99.0 Å². The lowest BCUT2D eigenvalue weighted by Crippen LogP contribution is -2.47. The summed E-state index contributed by atoms with van der Waals surface area (Å²) in [6, 6.07) is 0.0255. The molecule has 16 heavy (non-hydrogen) atoms. The fourth-order valence-electron chi connectivity index (χ4n) is 2.26. The van der Waals surface area contributed by atoms with Crippen molar-refractivity contribution in [2.45, 2.75) is 38.6 Å². The third-order valence-corrected chi connectivity index (χ3v) is 3.15. The van der Waals surface area contributed by atoms with Crippen molar-refractivity contribution in [1.29, 1.82) is 0 Å². The third kappa shape index (κ3) is 3.76. The highest BCUT2D eigenvalue weighted by Gasteiger charge is 2.25. The van der Waals surface area contributed by atoms with Crippen LogP contribution < -0.4 is 5.32 Å². The van der Waals surface area contributed by atoms with Gasteiger partial charge in [0.05, 0.1) is 12.7 Å². The summed E-state index contributed by atoms with van der Waals surface area (Å²) < 4.78 is 0. The van der Waals surface area contributed by atoms with E-state index in [-0.39, 0.29) is 11.9 Å². The maximum Gasteiger partial charge on any atom is 0.240 e. The molecule has 0 aromatic heterocycles. The van der Waals surface area contributed by atoms with E-state index in [1.54, 1.807) is 0 Å². The molecule has 0 spiro atoms. The van der Waals surface area contributed by atoms with E-state index < -0.39 is 0 Å². The van der Waals surface area contributed by atoms with Crippen molar-refractivity contribution < 1.29 is 4.79 Å². The standard InChI is InChI=1S/C12H25N3O/c1-4-8-14(3)10-15-9-6-5-7-11(13-2)12(15)16/h11,13H,4-10H2,1-3H3. The van der Waals surface area contributed by atoms with Crippen LogP contribution in [0.3, 0.4) is 0 Å². The Morgan fingerprint density at radius 1 is 1.50 bits per heavy atom. The quantitative estimate of drug-likeness (QED) is 0.757. The summed E-state index contributed by atoms with van der Waals surface area (Å²) in [5, 5.41) is 3.12. The number of nitrogens with one attached hydrogen (secondary N) is 1. The molecule has 1 unspecified atom stereocenters. The van der Waals surface area contributed by atoms with Crippen LogP contribution in [0.15, 0.2) is 0 Å². The number of hydrogen-bond donors (Lipinski definition) is 1. The van der Waals surface area contributed by atoms with Crippen LogP contribution in [-0.2, 0) is 4.79 Å². The SMILES string of the molecule is CCCN(C)CN1CCCCC(NC)C1=O. The lowest BCUT2D eigenvalue weighted by atomic mass is 10.1. The van der Waals surface area contributed by atoms with Gasteiger partial charge in [-0.25, -0.2) is 0 Å². The molecule has 4 heteroatoms. The summed E-state index contributed by atoms with van der Waals surface area (Å²) in [5.41, 5.74) is 0. The van der Waals surface area contributed by atoms with Gasteiger partial charge >= 0.3 is 0 Å². The molecule has 1 amide bonds. The number of likely N-dealkylation sites (N-methyl/N-ethyl adjacent to an activating group) is 1. The molecule has 0 saturated carbocycles. The molecule has 0 aliphatic carbocycles. The zero-order valence-electron chi connectivity index (χ0n) is 10.8. The van der Waals surface area contributed by atoms with Crippen molar-refractivity contribution in [3.05, 3.63) is 0 Å². The van der Waals surface area contributed by atoms with E-state index in [1.165, 1.54) is 0 Å². The Kier molecular flexibility index (Phi) is 5.77. The first-order chi connectivity index (χ1) is 7.69. The molecule has 1 N–H and O–H groups in total. The molecule has 1 atom stereocenters. The van der Waals surface area contributed by atoms with Crippen molar-refractivity contribution in [1.82, 2.24) is 15.1 Å². The smallest absolute Gasteiger partial charge is 0.240 e. The Morgan fingerprint density at radius 2 is 2.25 bits per heavy atom. The minimum atomic E-state index is 0.0255. The molecular formula is C12H25N3O. The highest BCUT2D eigenvalue weighted by atomic mass is 16.2. The van der Waals surface area contributed by atoms with Gasteiger partial charge in [-0.15, -0.1) is 0 Å². The minimum Gasteiger partial charge on any atom is -0.328 e. The predicted molar refractivity (Wildman–Crippen MR) is 66.2 cm³/mol. The molecular weight excluding hydrogens is 202 g/mol. The highest BCUT2D eigenvalue weighted by Crippen LogP contribution is 2.12. The molecule has 1 aliphatic heterocycles. The maximum atomic E-state index is 12.2. The van der Waals surface area contributed by atoms with Gasteiger partial charge in [0.15, 0.2) is 0 Å². The fourth-order valence-corrected chi connectivity index (χ4v) is 2.26. The number of carbonyl (C=O) groups excluding carboxylic acids is 1. The first-order valence-electron chi connectivity index (χ1n) is 6.33. The van der Waals surface area contributed by atoms with Crippen LogP contribution in [0.1, 0.15) is 32.6 Å². The number of amides is 1. The van der Waals surface area contributed by atoms with Crippen LogP contribution in [0.4, 0.5) is 0 Å². The Balaban J connectivity index is 2.52. The van der Waals surface area contributed by atoms with Gasteiger partial charge < -0.3 is 10.2 Å². The van der Waals surface area contributed by atoms with Gasteiger partial charge in [0.2, 0.25) is 5.91 Å². The van der Waals surface area contributed by atoms with Gasteiger partial charge in [-0.1, -0.05) is 6.92 Å². The third-order valence-electron chi connectivity index (χ3n) is 3.15. The molecule has 1 heterocycles. The monoisotopic (exact) mass is 227 g/mol. The summed E-state index contributed by atoms with van der Waals surface area (Å²) in [6.45, 7) is 4.89. The highest BCUT2D eigenvalue weighted by molar-refractivity contribution is 5.82. The molecule has 0 aromatic rings. The summed E-state index contributed by atoms with van der Waals surface area (Å²) in [5.74, 6) is 0.267. The lowest BCUT2D eigenvalue weighted by Gasteiger charge is -2.28. The van der Waals surface area contributed by atoms with Gasteiger partial charge in [-0.2, -0.15) is 0 Å². The molecule has 0 aromatic carbocycles. The normalized spacial score (nSPS) is 22.6. The van der Waals surface area contributed by atoms with Crippen LogP contribution in [0.2, 0.25) is 0 Å². The Hall–Kier alpha value is -0.610. The summed E-state index contributed by atoms with van der Waals surface area (Å²) in [6.07, 6.45) is 4.38. The average Bonchev–Trinajstić information content (AvgIpc) is 2.42. The van der Waals surface area contributed by atoms with Crippen molar-refractivity contribution in [2.75, 3.05) is 33.9 Å². The number of rotatable bonds is 5. The second kappa shape index (κ2) is 6.86. The average molecular weight is 227 g/mol. The van der Waals surface area contributed by atoms with Crippen LogP contribution in [0.25, 0.3) is 0 Å². The van der Waals surface area contributed by atoms with Crippen LogP contribution in [-0.4, -0.2) is 55.6 Å². The first kappa shape index (κ1) is 13.5. The Bertz CT molecular complexity index is 220. The largest absolute Gasteiger partial charge is 0.328 e. The topological polar surface area (TPSA) is 35.6 Å². The summed E-state index contributed by atoms with van der Waals surface area (Å²) in [7, 11) is 3.96. The van der Waals surface area contributed by atoms with Crippen molar-refractivity contribution >= 4 is 5.91 Å². The van der Waals surface area contributed by atoms with E-state index in [4.69, 9.17) is 0 Å². The first-order valence-corrected chi connectivity index (χ1v) is 6.33. The predicted octanol–water partition coefficient (Wildman–Crippen LogP) is 0.886. The van der Waals surface area contributed by atoms with E-state index in [9.17, 15) is 4.79 Å². The molecule has 94 valence electrons. The van der Waals surface area contributed by atoms with Crippen molar-refractivity contribution in [2.24, 2.45) is 0 Å². The zero-order valence-corrected chi connectivity index (χ0v) is 10.8. The van der Waals surface area contributed by atoms with Crippen molar-refractivity contribution in [3.63, 3.8) is 0 Å². The number of nitrogens with zero attached hydrogens (tertiary/aromatic N) is 2. The molecule has 1 rings (SSSR count). The van der Waals surface area contributed by atoms with Crippen LogP contribution in [0, 0.1) is 0 Å². The van der Waals surface area contributed by atoms with Gasteiger partial charge in [-0.3, -0.25) is 9.69 Å². The number of carbonyl (C=O) groups is 1. The minimum absolute atomic E-state index is 0.0255.